The molecule has 3 rings (SSSR count). The summed E-state index contributed by atoms with van der Waals surface area (Å²) in [4.78, 5) is 40.3. The maximum absolute atomic E-state index is 12.6. The van der Waals surface area contributed by atoms with Crippen molar-refractivity contribution in [2.45, 2.75) is 45.2 Å². The zero-order valence-corrected chi connectivity index (χ0v) is 15.4. The highest BCUT2D eigenvalue weighted by Crippen LogP contribution is 2.27. The minimum atomic E-state index is -0.701. The van der Waals surface area contributed by atoms with E-state index < -0.39 is 17.8 Å². The Hall–Kier alpha value is -2.41. The van der Waals surface area contributed by atoms with Crippen LogP contribution in [0, 0.1) is 0 Å². The lowest BCUT2D eigenvalue weighted by atomic mass is 10.2. The number of hydrogen-bond donors (Lipinski definition) is 1. The molecule has 1 heterocycles. The summed E-state index contributed by atoms with van der Waals surface area (Å²) >= 11 is 0. The van der Waals surface area contributed by atoms with Gasteiger partial charge in [0.05, 0.1) is 13.7 Å². The van der Waals surface area contributed by atoms with Crippen LogP contribution in [0.15, 0.2) is 24.3 Å². The number of amides is 4. The van der Waals surface area contributed by atoms with Gasteiger partial charge in [0.15, 0.2) is 6.67 Å². The van der Waals surface area contributed by atoms with E-state index in [1.807, 2.05) is 38.2 Å². The van der Waals surface area contributed by atoms with Gasteiger partial charge in [-0.2, -0.15) is 0 Å². The summed E-state index contributed by atoms with van der Waals surface area (Å²) in [5.41, 5.74) is 1.07. The number of hydrogen-bond acceptors (Lipinski definition) is 4. The van der Waals surface area contributed by atoms with Crippen molar-refractivity contribution in [3.63, 3.8) is 0 Å². The van der Waals surface area contributed by atoms with Crippen molar-refractivity contribution < 1.29 is 24.0 Å². The summed E-state index contributed by atoms with van der Waals surface area (Å²) in [6, 6.07) is 7.18. The number of urea groups is 1. The molecule has 26 heavy (non-hydrogen) atoms. The molecule has 1 aromatic rings. The first kappa shape index (κ1) is 18.4. The van der Waals surface area contributed by atoms with Crippen molar-refractivity contribution in [2.24, 2.45) is 0 Å². The molecule has 1 atom stereocenters. The zero-order valence-electron chi connectivity index (χ0n) is 15.4. The molecule has 0 spiro atoms. The Labute approximate surface area is 153 Å². The standard InChI is InChI=1S/C19H25N3O4/c1-3-26-16-10-8-14(9-11-16)12-20(2)13-21-17(23)18(24)22(19(21)25)15-6-4-5-7-15/h8-11,15H,3-7,12-13H2,1-2H3/p+1. The monoisotopic (exact) mass is 360 g/mol. The van der Waals surface area contributed by atoms with E-state index >= 15 is 0 Å². The van der Waals surface area contributed by atoms with Crippen LogP contribution in [0.2, 0.25) is 0 Å². The van der Waals surface area contributed by atoms with Gasteiger partial charge in [-0.1, -0.05) is 12.8 Å². The van der Waals surface area contributed by atoms with E-state index in [4.69, 9.17) is 4.74 Å². The minimum Gasteiger partial charge on any atom is -0.494 e. The summed E-state index contributed by atoms with van der Waals surface area (Å²) < 4.78 is 5.43. The van der Waals surface area contributed by atoms with Gasteiger partial charge in [0.2, 0.25) is 0 Å². The average molecular weight is 360 g/mol. The molecule has 1 N–H and O–H groups in total. The Balaban J connectivity index is 1.61. The van der Waals surface area contributed by atoms with Crippen LogP contribution in [0.25, 0.3) is 0 Å². The fourth-order valence-corrected chi connectivity index (χ4v) is 3.69. The van der Waals surface area contributed by atoms with E-state index in [0.29, 0.717) is 13.2 Å². The van der Waals surface area contributed by atoms with E-state index in [0.717, 1.165) is 46.8 Å². The lowest BCUT2D eigenvalue weighted by molar-refractivity contribution is -0.901. The fraction of sp³-hybridized carbons (Fsp3) is 0.526. The molecule has 7 nitrogen and oxygen atoms in total. The van der Waals surface area contributed by atoms with E-state index in [1.54, 1.807) is 0 Å². The molecule has 2 fully saturated rings. The number of imide groups is 2. The number of rotatable bonds is 7. The Kier molecular flexibility index (Phi) is 5.56. The van der Waals surface area contributed by atoms with Gasteiger partial charge in [-0.25, -0.2) is 9.69 Å². The maximum Gasteiger partial charge on any atom is 0.338 e. The first-order valence-electron chi connectivity index (χ1n) is 9.23. The molecule has 0 bridgehead atoms. The number of nitrogens with one attached hydrogen (secondary N) is 1. The second-order valence-corrected chi connectivity index (χ2v) is 7.00. The van der Waals surface area contributed by atoms with Crippen LogP contribution >= 0.6 is 0 Å². The van der Waals surface area contributed by atoms with E-state index in [2.05, 4.69) is 0 Å². The molecular weight excluding hydrogens is 334 g/mol. The quantitative estimate of drug-likeness (QED) is 0.577. The molecule has 0 radical (unpaired) electrons. The van der Waals surface area contributed by atoms with Crippen molar-refractivity contribution >= 4 is 17.8 Å². The van der Waals surface area contributed by atoms with Gasteiger partial charge >= 0.3 is 17.8 Å². The van der Waals surface area contributed by atoms with Gasteiger partial charge in [0, 0.05) is 11.6 Å². The number of carbonyl (C=O) groups is 3. The van der Waals surface area contributed by atoms with Crippen molar-refractivity contribution in [3.05, 3.63) is 29.8 Å². The van der Waals surface area contributed by atoms with Crippen LogP contribution in [0.4, 0.5) is 4.79 Å². The molecule has 1 saturated carbocycles. The van der Waals surface area contributed by atoms with Crippen LogP contribution in [0.3, 0.4) is 0 Å². The predicted molar refractivity (Wildman–Crippen MR) is 94.4 cm³/mol. The highest BCUT2D eigenvalue weighted by Gasteiger charge is 2.49. The molecule has 140 valence electrons. The topological polar surface area (TPSA) is 71.4 Å². The highest BCUT2D eigenvalue weighted by molar-refractivity contribution is 6.44. The van der Waals surface area contributed by atoms with Gasteiger partial charge in [-0.3, -0.25) is 14.5 Å². The molecule has 1 saturated heterocycles. The Morgan fingerprint density at radius 2 is 1.73 bits per heavy atom. The number of carbonyl (C=O) groups excluding carboxylic acids is 3. The van der Waals surface area contributed by atoms with Crippen LogP contribution < -0.4 is 9.64 Å². The third-order valence-corrected chi connectivity index (χ3v) is 4.94. The number of benzene rings is 1. The number of nitrogens with zero attached hydrogens (tertiary/aromatic N) is 2. The van der Waals surface area contributed by atoms with Crippen LogP contribution in [0.1, 0.15) is 38.2 Å². The van der Waals surface area contributed by atoms with Crippen molar-refractivity contribution in [3.8, 4) is 5.75 Å². The Morgan fingerprint density at radius 1 is 1.08 bits per heavy atom. The minimum absolute atomic E-state index is 0.115. The lowest BCUT2D eigenvalue weighted by Crippen LogP contribution is -3.09. The van der Waals surface area contributed by atoms with E-state index in [9.17, 15) is 14.4 Å². The van der Waals surface area contributed by atoms with Gasteiger partial charge < -0.3 is 9.64 Å². The van der Waals surface area contributed by atoms with Crippen LogP contribution in [-0.4, -0.2) is 54.0 Å². The van der Waals surface area contributed by atoms with Crippen LogP contribution in [0.5, 0.6) is 5.75 Å². The summed E-state index contributed by atoms with van der Waals surface area (Å²) in [6.07, 6.45) is 3.60. The molecule has 1 aliphatic carbocycles. The van der Waals surface area contributed by atoms with Crippen molar-refractivity contribution in [2.75, 3.05) is 20.3 Å². The molecule has 0 aromatic heterocycles. The third kappa shape index (κ3) is 3.72. The first-order chi connectivity index (χ1) is 12.5. The second-order valence-electron chi connectivity index (χ2n) is 7.00. The van der Waals surface area contributed by atoms with E-state index in [-0.39, 0.29) is 12.7 Å². The largest absolute Gasteiger partial charge is 0.494 e. The Morgan fingerprint density at radius 3 is 2.35 bits per heavy atom. The van der Waals surface area contributed by atoms with Crippen molar-refractivity contribution in [1.29, 1.82) is 0 Å². The van der Waals surface area contributed by atoms with Gasteiger partial charge in [-0.15, -0.1) is 0 Å². The molecule has 4 amide bonds. The summed E-state index contributed by atoms with van der Waals surface area (Å²) in [7, 11) is 1.90. The molecule has 1 aromatic carbocycles. The highest BCUT2D eigenvalue weighted by atomic mass is 16.5. The first-order valence-corrected chi connectivity index (χ1v) is 9.23. The molecule has 1 aliphatic heterocycles. The normalized spacial score (nSPS) is 19.5. The van der Waals surface area contributed by atoms with E-state index in [1.165, 1.54) is 4.90 Å². The fourth-order valence-electron chi connectivity index (χ4n) is 3.69. The zero-order chi connectivity index (χ0) is 18.7. The maximum atomic E-state index is 12.6. The smallest absolute Gasteiger partial charge is 0.338 e. The number of quaternary nitrogens is 1. The molecule has 7 heteroatoms. The summed E-state index contributed by atoms with van der Waals surface area (Å²) in [6.45, 7) is 3.38. The molecule has 1 unspecified atom stereocenters. The van der Waals surface area contributed by atoms with Crippen molar-refractivity contribution in [1.82, 2.24) is 9.80 Å². The SMILES string of the molecule is CCOc1ccc(C[NH+](C)CN2C(=O)C(=O)N(C3CCCC3)C2=O)cc1. The van der Waals surface area contributed by atoms with Gasteiger partial charge in [0.1, 0.15) is 12.3 Å². The number of ether oxygens (including phenoxy) is 1. The summed E-state index contributed by atoms with van der Waals surface area (Å²) in [5.74, 6) is -0.555. The van der Waals surface area contributed by atoms with Gasteiger partial charge in [-0.05, 0) is 44.0 Å². The third-order valence-electron chi connectivity index (χ3n) is 4.94. The van der Waals surface area contributed by atoms with Gasteiger partial charge in [0.25, 0.3) is 0 Å². The Bertz CT molecular complexity index is 683. The summed E-state index contributed by atoms with van der Waals surface area (Å²) in [5, 5.41) is 0. The lowest BCUT2D eigenvalue weighted by Gasteiger charge is -2.22. The predicted octanol–water partition coefficient (Wildman–Crippen LogP) is 0.791. The molecule has 2 aliphatic rings. The van der Waals surface area contributed by atoms with Crippen LogP contribution in [-0.2, 0) is 16.1 Å². The second kappa shape index (κ2) is 7.86. The molecular formula is C19H26N3O4+. The average Bonchev–Trinajstić information content (AvgIpc) is 3.21.